The Bertz CT molecular complexity index is 659. The summed E-state index contributed by atoms with van der Waals surface area (Å²) in [5.74, 6) is -0.284. The molecule has 0 aliphatic heterocycles. The standard InChI is InChI=1S/C12H9N5O/c18-12(15-9-3-1-4-13-8-9)10-7-11-14-5-2-6-17(11)16-10/h1-8H,(H,15,18). The Balaban J connectivity index is 1.88. The van der Waals surface area contributed by atoms with E-state index >= 15 is 0 Å². The number of carbonyl (C=O) groups excluding carboxylic acids is 1. The third-order valence-electron chi connectivity index (χ3n) is 2.39. The molecule has 3 aromatic rings. The lowest BCUT2D eigenvalue weighted by atomic mass is 10.3. The molecule has 0 aromatic carbocycles. The van der Waals surface area contributed by atoms with Gasteiger partial charge < -0.3 is 5.32 Å². The third kappa shape index (κ3) is 1.91. The molecule has 1 amide bonds. The van der Waals surface area contributed by atoms with Crippen LogP contribution in [0.1, 0.15) is 10.5 Å². The molecule has 0 radical (unpaired) electrons. The highest BCUT2D eigenvalue weighted by molar-refractivity contribution is 6.03. The van der Waals surface area contributed by atoms with Crippen LogP contribution in [0, 0.1) is 0 Å². The summed E-state index contributed by atoms with van der Waals surface area (Å²) >= 11 is 0. The van der Waals surface area contributed by atoms with E-state index in [1.54, 1.807) is 53.6 Å². The van der Waals surface area contributed by atoms with Crippen molar-refractivity contribution in [1.29, 1.82) is 0 Å². The molecule has 0 fully saturated rings. The fourth-order valence-corrected chi connectivity index (χ4v) is 1.57. The van der Waals surface area contributed by atoms with E-state index in [1.165, 1.54) is 0 Å². The molecule has 18 heavy (non-hydrogen) atoms. The van der Waals surface area contributed by atoms with Crippen molar-refractivity contribution in [2.45, 2.75) is 0 Å². The predicted molar refractivity (Wildman–Crippen MR) is 65.2 cm³/mol. The predicted octanol–water partition coefficient (Wildman–Crippen LogP) is 1.38. The lowest BCUT2D eigenvalue weighted by molar-refractivity contribution is 0.102. The average Bonchev–Trinajstić information content (AvgIpc) is 2.84. The van der Waals surface area contributed by atoms with Gasteiger partial charge in [-0.15, -0.1) is 0 Å². The highest BCUT2D eigenvalue weighted by atomic mass is 16.1. The van der Waals surface area contributed by atoms with E-state index in [2.05, 4.69) is 20.4 Å². The lowest BCUT2D eigenvalue weighted by Gasteiger charge is -2.00. The number of amides is 1. The van der Waals surface area contributed by atoms with Gasteiger partial charge in [0, 0.05) is 24.7 Å². The van der Waals surface area contributed by atoms with E-state index in [0.717, 1.165) is 0 Å². The van der Waals surface area contributed by atoms with Gasteiger partial charge in [0.2, 0.25) is 0 Å². The maximum absolute atomic E-state index is 11.9. The molecular weight excluding hydrogens is 230 g/mol. The molecule has 0 spiro atoms. The maximum Gasteiger partial charge on any atom is 0.276 e. The molecule has 0 bridgehead atoms. The lowest BCUT2D eigenvalue weighted by Crippen LogP contribution is -2.12. The number of nitrogens with zero attached hydrogens (tertiary/aromatic N) is 4. The zero-order valence-electron chi connectivity index (χ0n) is 9.32. The molecule has 0 saturated heterocycles. The number of hydrogen-bond acceptors (Lipinski definition) is 4. The van der Waals surface area contributed by atoms with Crippen molar-refractivity contribution in [3.8, 4) is 0 Å². The van der Waals surface area contributed by atoms with Gasteiger partial charge in [-0.05, 0) is 18.2 Å². The zero-order chi connectivity index (χ0) is 12.4. The number of carbonyl (C=O) groups is 1. The molecule has 0 unspecified atom stereocenters. The summed E-state index contributed by atoms with van der Waals surface area (Å²) in [6, 6.07) is 6.90. The summed E-state index contributed by atoms with van der Waals surface area (Å²) in [7, 11) is 0. The minimum absolute atomic E-state index is 0.284. The SMILES string of the molecule is O=C(Nc1cccnc1)c1cc2ncccn2n1. The van der Waals surface area contributed by atoms with Gasteiger partial charge in [-0.3, -0.25) is 9.78 Å². The molecule has 0 atom stereocenters. The summed E-state index contributed by atoms with van der Waals surface area (Å²) in [5.41, 5.74) is 1.58. The number of anilines is 1. The Labute approximate surface area is 102 Å². The average molecular weight is 239 g/mol. The van der Waals surface area contributed by atoms with Gasteiger partial charge in [0.25, 0.3) is 5.91 Å². The molecule has 3 rings (SSSR count). The van der Waals surface area contributed by atoms with Crippen LogP contribution in [0.4, 0.5) is 5.69 Å². The van der Waals surface area contributed by atoms with Gasteiger partial charge in [0.1, 0.15) is 0 Å². The normalized spacial score (nSPS) is 10.4. The quantitative estimate of drug-likeness (QED) is 0.733. The number of nitrogens with one attached hydrogen (secondary N) is 1. The number of fused-ring (bicyclic) bond motifs is 1. The summed E-state index contributed by atoms with van der Waals surface area (Å²) in [5, 5.41) is 6.84. The van der Waals surface area contributed by atoms with Crippen molar-refractivity contribution in [2.75, 3.05) is 5.32 Å². The summed E-state index contributed by atoms with van der Waals surface area (Å²) < 4.78 is 1.55. The summed E-state index contributed by atoms with van der Waals surface area (Å²) in [4.78, 5) is 20.0. The van der Waals surface area contributed by atoms with Crippen molar-refractivity contribution < 1.29 is 4.79 Å². The molecule has 0 saturated carbocycles. The topological polar surface area (TPSA) is 72.2 Å². The maximum atomic E-state index is 11.9. The number of rotatable bonds is 2. The van der Waals surface area contributed by atoms with Gasteiger partial charge in [-0.2, -0.15) is 5.10 Å². The Kier molecular flexibility index (Phi) is 2.45. The molecule has 1 N–H and O–H groups in total. The van der Waals surface area contributed by atoms with Crippen LogP contribution >= 0.6 is 0 Å². The minimum atomic E-state index is -0.284. The van der Waals surface area contributed by atoms with E-state index in [4.69, 9.17) is 0 Å². The first-order chi connectivity index (χ1) is 8.83. The van der Waals surface area contributed by atoms with Gasteiger partial charge >= 0.3 is 0 Å². The van der Waals surface area contributed by atoms with Crippen LogP contribution in [-0.4, -0.2) is 25.5 Å². The fraction of sp³-hybridized carbons (Fsp3) is 0. The van der Waals surface area contributed by atoms with E-state index in [0.29, 0.717) is 17.0 Å². The molecule has 3 aromatic heterocycles. The Hall–Kier alpha value is -2.76. The highest BCUT2D eigenvalue weighted by Gasteiger charge is 2.11. The largest absolute Gasteiger partial charge is 0.319 e. The second kappa shape index (κ2) is 4.25. The van der Waals surface area contributed by atoms with Gasteiger partial charge in [-0.1, -0.05) is 0 Å². The number of hydrogen-bond donors (Lipinski definition) is 1. The third-order valence-corrected chi connectivity index (χ3v) is 2.39. The second-order valence-electron chi connectivity index (χ2n) is 3.65. The first-order valence-electron chi connectivity index (χ1n) is 5.35. The van der Waals surface area contributed by atoms with Gasteiger partial charge in [0.15, 0.2) is 11.3 Å². The van der Waals surface area contributed by atoms with E-state index in [9.17, 15) is 4.79 Å². The van der Waals surface area contributed by atoms with Crippen LogP contribution in [-0.2, 0) is 0 Å². The van der Waals surface area contributed by atoms with Crippen LogP contribution in [0.5, 0.6) is 0 Å². The van der Waals surface area contributed by atoms with Crippen molar-refractivity contribution >= 4 is 17.2 Å². The number of pyridine rings is 1. The first-order valence-corrected chi connectivity index (χ1v) is 5.35. The molecule has 88 valence electrons. The second-order valence-corrected chi connectivity index (χ2v) is 3.65. The van der Waals surface area contributed by atoms with Gasteiger partial charge in [-0.25, -0.2) is 9.50 Å². The van der Waals surface area contributed by atoms with Crippen molar-refractivity contribution in [2.24, 2.45) is 0 Å². The van der Waals surface area contributed by atoms with Crippen molar-refractivity contribution in [3.05, 3.63) is 54.7 Å². The van der Waals surface area contributed by atoms with Crippen LogP contribution in [0.3, 0.4) is 0 Å². The summed E-state index contributed by atoms with van der Waals surface area (Å²) in [6.45, 7) is 0. The van der Waals surface area contributed by atoms with Crippen molar-refractivity contribution in [1.82, 2.24) is 19.6 Å². The molecule has 3 heterocycles. The molecule has 0 aliphatic carbocycles. The first kappa shape index (κ1) is 10.4. The van der Waals surface area contributed by atoms with E-state index in [1.807, 2.05) is 0 Å². The number of aromatic nitrogens is 4. The Morgan fingerprint density at radius 2 is 2.22 bits per heavy atom. The molecular formula is C12H9N5O. The Morgan fingerprint density at radius 3 is 3.00 bits per heavy atom. The van der Waals surface area contributed by atoms with E-state index < -0.39 is 0 Å². The van der Waals surface area contributed by atoms with Crippen LogP contribution in [0.25, 0.3) is 5.65 Å². The minimum Gasteiger partial charge on any atom is -0.319 e. The monoisotopic (exact) mass is 239 g/mol. The molecule has 6 nitrogen and oxygen atoms in total. The molecule has 6 heteroatoms. The van der Waals surface area contributed by atoms with Crippen LogP contribution in [0.2, 0.25) is 0 Å². The van der Waals surface area contributed by atoms with Crippen LogP contribution in [0.15, 0.2) is 49.1 Å². The Morgan fingerprint density at radius 1 is 1.28 bits per heavy atom. The highest BCUT2D eigenvalue weighted by Crippen LogP contribution is 2.07. The van der Waals surface area contributed by atoms with Crippen molar-refractivity contribution in [3.63, 3.8) is 0 Å². The van der Waals surface area contributed by atoms with Crippen LogP contribution < -0.4 is 5.32 Å². The van der Waals surface area contributed by atoms with E-state index in [-0.39, 0.29) is 5.91 Å². The fourth-order valence-electron chi connectivity index (χ4n) is 1.57. The van der Waals surface area contributed by atoms with Gasteiger partial charge in [0.05, 0.1) is 11.9 Å². The molecule has 0 aliphatic rings. The zero-order valence-corrected chi connectivity index (χ0v) is 9.32. The smallest absolute Gasteiger partial charge is 0.276 e. The summed E-state index contributed by atoms with van der Waals surface area (Å²) in [6.07, 6.45) is 6.61.